The minimum atomic E-state index is -0.106. The highest BCUT2D eigenvalue weighted by molar-refractivity contribution is 6.42. The van der Waals surface area contributed by atoms with Gasteiger partial charge in [-0.25, -0.2) is 0 Å². The van der Waals surface area contributed by atoms with E-state index in [1.807, 2.05) is 13.0 Å². The molecule has 0 aliphatic carbocycles. The molecule has 1 aromatic rings. The Hall–Kier alpha value is -0.520. The third-order valence-electron chi connectivity index (χ3n) is 4.32. The molecule has 0 saturated carbocycles. The van der Waals surface area contributed by atoms with Crippen molar-refractivity contribution in [2.24, 2.45) is 11.1 Å². The molecule has 0 spiro atoms. The summed E-state index contributed by atoms with van der Waals surface area (Å²) in [6.45, 7) is 6.96. The van der Waals surface area contributed by atoms with Gasteiger partial charge < -0.3 is 11.1 Å². The number of rotatable bonds is 5. The predicted octanol–water partition coefficient (Wildman–Crippen LogP) is 3.26. The van der Waals surface area contributed by atoms with Crippen LogP contribution in [0.3, 0.4) is 0 Å². The van der Waals surface area contributed by atoms with Crippen LogP contribution in [0.4, 0.5) is 0 Å². The summed E-state index contributed by atoms with van der Waals surface area (Å²) in [6.07, 6.45) is 1.04. The van der Waals surface area contributed by atoms with Crippen molar-refractivity contribution >= 4 is 41.5 Å². The van der Waals surface area contributed by atoms with Crippen LogP contribution in [-0.2, 0) is 4.79 Å². The van der Waals surface area contributed by atoms with Gasteiger partial charge in [0.25, 0.3) is 0 Å². The van der Waals surface area contributed by atoms with Gasteiger partial charge in [-0.2, -0.15) is 0 Å². The zero-order valence-corrected chi connectivity index (χ0v) is 15.8. The molecule has 130 valence electrons. The summed E-state index contributed by atoms with van der Waals surface area (Å²) in [6, 6.07) is 5.30. The number of hydrogen-bond donors (Lipinski definition) is 2. The summed E-state index contributed by atoms with van der Waals surface area (Å²) >= 11 is 11.9. The molecule has 7 heteroatoms. The quantitative estimate of drug-likeness (QED) is 0.824. The number of hydrogen-bond acceptors (Lipinski definition) is 3. The Bertz CT molecular complexity index is 555. The summed E-state index contributed by atoms with van der Waals surface area (Å²) < 4.78 is 0. The number of amides is 1. The maximum absolute atomic E-state index is 12.2. The SMILES string of the molecule is CC(NC(=O)CN1CCC(C)(CN)C1)c1ccc(Cl)c(Cl)c1.Cl. The van der Waals surface area contributed by atoms with Crippen LogP contribution in [0, 0.1) is 5.41 Å². The Labute approximate surface area is 154 Å². The maximum Gasteiger partial charge on any atom is 0.234 e. The van der Waals surface area contributed by atoms with Crippen molar-refractivity contribution in [1.29, 1.82) is 0 Å². The topological polar surface area (TPSA) is 58.4 Å². The van der Waals surface area contributed by atoms with Crippen molar-refractivity contribution in [3.8, 4) is 0 Å². The van der Waals surface area contributed by atoms with Gasteiger partial charge in [0, 0.05) is 6.54 Å². The lowest BCUT2D eigenvalue weighted by Gasteiger charge is -2.23. The monoisotopic (exact) mass is 379 g/mol. The van der Waals surface area contributed by atoms with Gasteiger partial charge >= 0.3 is 0 Å². The molecule has 0 bridgehead atoms. The van der Waals surface area contributed by atoms with E-state index >= 15 is 0 Å². The van der Waals surface area contributed by atoms with Gasteiger partial charge in [0.05, 0.1) is 22.6 Å². The van der Waals surface area contributed by atoms with Crippen molar-refractivity contribution < 1.29 is 4.79 Å². The molecule has 1 aliphatic heterocycles. The van der Waals surface area contributed by atoms with Crippen molar-refractivity contribution in [3.05, 3.63) is 33.8 Å². The van der Waals surface area contributed by atoms with Gasteiger partial charge in [0.1, 0.15) is 0 Å². The van der Waals surface area contributed by atoms with E-state index in [1.165, 1.54) is 0 Å². The largest absolute Gasteiger partial charge is 0.348 e. The lowest BCUT2D eigenvalue weighted by atomic mass is 9.90. The fraction of sp³-hybridized carbons (Fsp3) is 0.562. The second-order valence-electron chi connectivity index (χ2n) is 6.44. The van der Waals surface area contributed by atoms with Crippen LogP contribution >= 0.6 is 35.6 Å². The first kappa shape index (κ1) is 20.5. The van der Waals surface area contributed by atoms with E-state index in [9.17, 15) is 4.79 Å². The standard InChI is InChI=1S/C16H23Cl2N3O.ClH/c1-11(12-3-4-13(17)14(18)7-12)20-15(22)8-21-6-5-16(2,9-19)10-21;/h3-4,7,11H,5-6,8-10,19H2,1-2H3,(H,20,22);1H. The molecular weight excluding hydrogens is 357 g/mol. The van der Waals surface area contributed by atoms with Crippen molar-refractivity contribution in [2.45, 2.75) is 26.3 Å². The Morgan fingerprint density at radius 1 is 1.43 bits per heavy atom. The molecule has 23 heavy (non-hydrogen) atoms. The molecule has 2 unspecified atom stereocenters. The Morgan fingerprint density at radius 2 is 2.13 bits per heavy atom. The van der Waals surface area contributed by atoms with Gasteiger partial charge in [-0.05, 0) is 49.5 Å². The Kier molecular flexibility index (Phi) is 7.62. The lowest BCUT2D eigenvalue weighted by molar-refractivity contribution is -0.122. The molecule has 1 amide bonds. The molecule has 2 atom stereocenters. The van der Waals surface area contributed by atoms with Gasteiger partial charge in [0.15, 0.2) is 0 Å². The highest BCUT2D eigenvalue weighted by Crippen LogP contribution is 2.28. The Balaban J connectivity index is 0.00000264. The predicted molar refractivity (Wildman–Crippen MR) is 98.5 cm³/mol. The Morgan fingerprint density at radius 3 is 2.70 bits per heavy atom. The highest BCUT2D eigenvalue weighted by Gasteiger charge is 2.33. The normalized spacial score (nSPS) is 22.5. The van der Waals surface area contributed by atoms with E-state index in [1.54, 1.807) is 12.1 Å². The smallest absolute Gasteiger partial charge is 0.234 e. The number of halogens is 3. The van der Waals surface area contributed by atoms with Crippen LogP contribution in [0.15, 0.2) is 18.2 Å². The number of nitrogens with zero attached hydrogens (tertiary/aromatic N) is 1. The molecular formula is C16H24Cl3N3O. The van der Waals surface area contributed by atoms with Crippen LogP contribution in [0.5, 0.6) is 0 Å². The number of carbonyl (C=O) groups is 1. The first-order valence-corrected chi connectivity index (χ1v) is 8.25. The summed E-state index contributed by atoms with van der Waals surface area (Å²) in [4.78, 5) is 14.3. The van der Waals surface area contributed by atoms with Crippen LogP contribution < -0.4 is 11.1 Å². The number of benzene rings is 1. The third-order valence-corrected chi connectivity index (χ3v) is 5.06. The van der Waals surface area contributed by atoms with E-state index in [0.717, 1.165) is 25.1 Å². The van der Waals surface area contributed by atoms with E-state index in [4.69, 9.17) is 28.9 Å². The van der Waals surface area contributed by atoms with E-state index in [-0.39, 0.29) is 29.8 Å². The molecule has 1 heterocycles. The van der Waals surface area contributed by atoms with Gasteiger partial charge in [-0.1, -0.05) is 36.2 Å². The molecule has 0 radical (unpaired) electrons. The van der Waals surface area contributed by atoms with Crippen LogP contribution in [0.2, 0.25) is 10.0 Å². The second-order valence-corrected chi connectivity index (χ2v) is 7.25. The summed E-state index contributed by atoms with van der Waals surface area (Å²) in [5.74, 6) is 0.0137. The number of carbonyl (C=O) groups excluding carboxylic acids is 1. The van der Waals surface area contributed by atoms with E-state index in [2.05, 4.69) is 17.1 Å². The molecule has 1 fully saturated rings. The lowest BCUT2D eigenvalue weighted by Crippen LogP contribution is -2.39. The molecule has 1 aromatic carbocycles. The van der Waals surface area contributed by atoms with Gasteiger partial charge in [0.2, 0.25) is 5.91 Å². The molecule has 1 saturated heterocycles. The number of nitrogens with two attached hydrogens (primary N) is 1. The van der Waals surface area contributed by atoms with Crippen molar-refractivity contribution in [1.82, 2.24) is 10.2 Å². The number of likely N-dealkylation sites (tertiary alicyclic amines) is 1. The summed E-state index contributed by atoms with van der Waals surface area (Å²) in [5.41, 5.74) is 6.87. The fourth-order valence-corrected chi connectivity index (χ4v) is 3.09. The minimum Gasteiger partial charge on any atom is -0.348 e. The molecule has 3 N–H and O–H groups in total. The highest BCUT2D eigenvalue weighted by atomic mass is 35.5. The second kappa shape index (κ2) is 8.54. The van der Waals surface area contributed by atoms with Crippen LogP contribution in [0.25, 0.3) is 0 Å². The molecule has 1 aliphatic rings. The zero-order valence-electron chi connectivity index (χ0n) is 13.4. The molecule has 0 aromatic heterocycles. The van der Waals surface area contributed by atoms with Gasteiger partial charge in [-0.3, -0.25) is 9.69 Å². The third kappa shape index (κ3) is 5.50. The van der Waals surface area contributed by atoms with Gasteiger partial charge in [-0.15, -0.1) is 12.4 Å². The van der Waals surface area contributed by atoms with Crippen LogP contribution in [0.1, 0.15) is 31.9 Å². The first-order chi connectivity index (χ1) is 10.3. The maximum atomic E-state index is 12.2. The average Bonchev–Trinajstić information content (AvgIpc) is 2.83. The van der Waals surface area contributed by atoms with E-state index < -0.39 is 0 Å². The fourth-order valence-electron chi connectivity index (χ4n) is 2.78. The van der Waals surface area contributed by atoms with Crippen molar-refractivity contribution in [2.75, 3.05) is 26.2 Å². The minimum absolute atomic E-state index is 0. The molecule has 4 nitrogen and oxygen atoms in total. The average molecular weight is 381 g/mol. The first-order valence-electron chi connectivity index (χ1n) is 7.50. The summed E-state index contributed by atoms with van der Waals surface area (Å²) in [5, 5.41) is 4.02. The van der Waals surface area contributed by atoms with Crippen molar-refractivity contribution in [3.63, 3.8) is 0 Å². The van der Waals surface area contributed by atoms with Crippen LogP contribution in [-0.4, -0.2) is 37.0 Å². The van der Waals surface area contributed by atoms with E-state index in [0.29, 0.717) is 23.1 Å². The zero-order chi connectivity index (χ0) is 16.3. The number of nitrogens with one attached hydrogen (secondary N) is 1. The summed E-state index contributed by atoms with van der Waals surface area (Å²) in [7, 11) is 0. The molecule has 2 rings (SSSR count).